The maximum Gasteiger partial charge on any atom is 0.331 e. The third-order valence-corrected chi connectivity index (χ3v) is 6.43. The molecule has 1 aromatic carbocycles. The molecule has 0 radical (unpaired) electrons. The number of ether oxygens (including phenoxy) is 1. The van der Waals surface area contributed by atoms with E-state index in [0.717, 1.165) is 37.0 Å². The van der Waals surface area contributed by atoms with E-state index in [4.69, 9.17) is 16.3 Å². The van der Waals surface area contributed by atoms with Crippen LogP contribution < -0.4 is 5.32 Å². The van der Waals surface area contributed by atoms with E-state index in [0.29, 0.717) is 5.56 Å². The van der Waals surface area contributed by atoms with Gasteiger partial charge in [-0.3, -0.25) is 4.79 Å². The molecule has 4 saturated carbocycles. The Morgan fingerprint density at radius 1 is 1.19 bits per heavy atom. The first-order chi connectivity index (χ1) is 12.9. The molecule has 0 spiro atoms. The number of nitrogens with one attached hydrogen (secondary N) is 1. The van der Waals surface area contributed by atoms with Gasteiger partial charge in [0.25, 0.3) is 5.91 Å². The maximum absolute atomic E-state index is 13.1. The summed E-state index contributed by atoms with van der Waals surface area (Å²) in [6.07, 6.45) is 9.79. The van der Waals surface area contributed by atoms with Gasteiger partial charge in [0.1, 0.15) is 5.82 Å². The Morgan fingerprint density at radius 2 is 1.81 bits per heavy atom. The van der Waals surface area contributed by atoms with Crippen molar-refractivity contribution in [3.05, 3.63) is 40.7 Å². The zero-order valence-corrected chi connectivity index (χ0v) is 15.8. The lowest BCUT2D eigenvalue weighted by Crippen LogP contribution is -2.60. The molecule has 4 aliphatic carbocycles. The smallest absolute Gasteiger partial charge is 0.331 e. The molecule has 144 valence electrons. The predicted octanol–water partition coefficient (Wildman–Crippen LogP) is 4.12. The zero-order chi connectivity index (χ0) is 19.0. The monoisotopic (exact) mass is 391 g/mol. The van der Waals surface area contributed by atoms with Crippen molar-refractivity contribution in [2.75, 3.05) is 6.61 Å². The van der Waals surface area contributed by atoms with E-state index in [-0.39, 0.29) is 23.1 Å². The lowest BCUT2D eigenvalue weighted by molar-refractivity contribution is -0.145. The first-order valence-corrected chi connectivity index (χ1v) is 9.89. The van der Waals surface area contributed by atoms with E-state index in [1.807, 2.05) is 0 Å². The SMILES string of the molecule is O=C(COC(=O)/C=C/c1ccc(F)c(Cl)c1)NC12CC3CC(CC(C3)C1)C2. The Labute approximate surface area is 163 Å². The minimum absolute atomic E-state index is 0.0135. The Kier molecular flexibility index (Phi) is 4.97. The Hall–Kier alpha value is -1.88. The molecule has 4 nitrogen and oxygen atoms in total. The van der Waals surface area contributed by atoms with Crippen LogP contribution in [-0.2, 0) is 14.3 Å². The van der Waals surface area contributed by atoms with Crippen molar-refractivity contribution in [3.8, 4) is 0 Å². The van der Waals surface area contributed by atoms with Gasteiger partial charge in [0.15, 0.2) is 6.61 Å². The fourth-order valence-electron chi connectivity index (χ4n) is 5.56. The molecule has 27 heavy (non-hydrogen) atoms. The van der Waals surface area contributed by atoms with Gasteiger partial charge >= 0.3 is 5.97 Å². The molecular formula is C21H23ClFNO3. The van der Waals surface area contributed by atoms with E-state index in [9.17, 15) is 14.0 Å². The number of benzene rings is 1. The lowest BCUT2D eigenvalue weighted by Gasteiger charge is -2.56. The van der Waals surface area contributed by atoms with Crippen LogP contribution in [0.25, 0.3) is 6.08 Å². The molecule has 1 amide bonds. The number of esters is 1. The second-order valence-corrected chi connectivity index (χ2v) is 8.77. The van der Waals surface area contributed by atoms with E-state index in [2.05, 4.69) is 5.32 Å². The quantitative estimate of drug-likeness (QED) is 0.606. The van der Waals surface area contributed by atoms with Gasteiger partial charge in [0, 0.05) is 11.6 Å². The van der Waals surface area contributed by atoms with Crippen LogP contribution in [0.2, 0.25) is 5.02 Å². The van der Waals surface area contributed by atoms with Crippen molar-refractivity contribution in [1.29, 1.82) is 0 Å². The molecule has 0 atom stereocenters. The lowest BCUT2D eigenvalue weighted by atomic mass is 9.53. The summed E-state index contributed by atoms with van der Waals surface area (Å²) in [7, 11) is 0. The molecule has 0 aliphatic heterocycles. The van der Waals surface area contributed by atoms with E-state index >= 15 is 0 Å². The van der Waals surface area contributed by atoms with Gasteiger partial charge < -0.3 is 10.1 Å². The molecule has 4 bridgehead atoms. The highest BCUT2D eigenvalue weighted by atomic mass is 35.5. The number of rotatable bonds is 5. The van der Waals surface area contributed by atoms with E-state index < -0.39 is 11.8 Å². The van der Waals surface area contributed by atoms with Gasteiger partial charge in [-0.1, -0.05) is 17.7 Å². The molecule has 1 aromatic rings. The molecule has 4 fully saturated rings. The van der Waals surface area contributed by atoms with Crippen LogP contribution in [0.15, 0.2) is 24.3 Å². The van der Waals surface area contributed by atoms with Gasteiger partial charge in [-0.05, 0) is 80.1 Å². The number of halogens is 2. The van der Waals surface area contributed by atoms with Crippen LogP contribution in [-0.4, -0.2) is 24.0 Å². The highest BCUT2D eigenvalue weighted by Crippen LogP contribution is 2.55. The number of carbonyl (C=O) groups is 2. The highest BCUT2D eigenvalue weighted by Gasteiger charge is 2.51. The fourth-order valence-corrected chi connectivity index (χ4v) is 5.75. The summed E-state index contributed by atoms with van der Waals surface area (Å²) in [5, 5.41) is 3.15. The van der Waals surface area contributed by atoms with E-state index in [1.165, 1.54) is 49.6 Å². The second kappa shape index (κ2) is 7.27. The van der Waals surface area contributed by atoms with Crippen molar-refractivity contribution >= 4 is 29.6 Å². The Balaban J connectivity index is 1.27. The molecular weight excluding hydrogens is 369 g/mol. The van der Waals surface area contributed by atoms with Crippen LogP contribution in [0.5, 0.6) is 0 Å². The van der Waals surface area contributed by atoms with Crippen molar-refractivity contribution < 1.29 is 18.7 Å². The molecule has 0 heterocycles. The van der Waals surface area contributed by atoms with Gasteiger partial charge in [0.2, 0.25) is 0 Å². The Morgan fingerprint density at radius 3 is 2.41 bits per heavy atom. The molecule has 0 saturated heterocycles. The minimum Gasteiger partial charge on any atom is -0.452 e. The number of carbonyl (C=O) groups excluding carboxylic acids is 2. The summed E-state index contributed by atoms with van der Waals surface area (Å²) in [5.74, 6) is 0.857. The normalized spacial score (nSPS) is 31.3. The maximum atomic E-state index is 13.1. The van der Waals surface area contributed by atoms with Gasteiger partial charge in [-0.15, -0.1) is 0 Å². The van der Waals surface area contributed by atoms with Crippen molar-refractivity contribution in [2.45, 2.75) is 44.1 Å². The number of hydrogen-bond acceptors (Lipinski definition) is 3. The fraction of sp³-hybridized carbons (Fsp3) is 0.524. The summed E-state index contributed by atoms with van der Waals surface area (Å²) in [4.78, 5) is 24.2. The number of hydrogen-bond donors (Lipinski definition) is 1. The van der Waals surface area contributed by atoms with Crippen LogP contribution in [0, 0.1) is 23.6 Å². The van der Waals surface area contributed by atoms with Crippen LogP contribution >= 0.6 is 11.6 Å². The largest absolute Gasteiger partial charge is 0.452 e. The topological polar surface area (TPSA) is 55.4 Å². The summed E-state index contributed by atoms with van der Waals surface area (Å²) in [6, 6.07) is 4.15. The zero-order valence-electron chi connectivity index (χ0n) is 15.0. The predicted molar refractivity (Wildman–Crippen MR) is 100 cm³/mol. The van der Waals surface area contributed by atoms with Crippen molar-refractivity contribution in [1.82, 2.24) is 5.32 Å². The minimum atomic E-state index is -0.615. The van der Waals surface area contributed by atoms with Gasteiger partial charge in [-0.25, -0.2) is 9.18 Å². The van der Waals surface area contributed by atoms with Crippen molar-refractivity contribution in [3.63, 3.8) is 0 Å². The standard InChI is InChI=1S/C21H23ClFNO3/c22-17-8-13(1-3-18(17)23)2-4-20(26)27-12-19(25)24-21-9-14-5-15(10-21)7-16(6-14)11-21/h1-4,8,14-16H,5-7,9-12H2,(H,24,25)/b4-2+. The van der Waals surface area contributed by atoms with Crippen molar-refractivity contribution in [2.24, 2.45) is 17.8 Å². The summed E-state index contributed by atoms with van der Waals surface area (Å²) in [5.41, 5.74) is 0.496. The summed E-state index contributed by atoms with van der Waals surface area (Å²) < 4.78 is 18.2. The molecule has 5 rings (SSSR count). The molecule has 4 aliphatic rings. The van der Waals surface area contributed by atoms with Crippen LogP contribution in [0.1, 0.15) is 44.1 Å². The van der Waals surface area contributed by atoms with Gasteiger partial charge in [-0.2, -0.15) is 0 Å². The molecule has 0 unspecified atom stereocenters. The number of amides is 1. The third kappa shape index (κ3) is 4.18. The Bertz CT molecular complexity index is 756. The average molecular weight is 392 g/mol. The summed E-state index contributed by atoms with van der Waals surface area (Å²) in [6.45, 7) is -0.283. The second-order valence-electron chi connectivity index (χ2n) is 8.36. The molecule has 0 aromatic heterocycles. The third-order valence-electron chi connectivity index (χ3n) is 6.14. The summed E-state index contributed by atoms with van der Waals surface area (Å²) >= 11 is 5.70. The van der Waals surface area contributed by atoms with Crippen LogP contribution in [0.3, 0.4) is 0 Å². The first kappa shape index (κ1) is 18.5. The van der Waals surface area contributed by atoms with Gasteiger partial charge in [0.05, 0.1) is 5.02 Å². The molecule has 6 heteroatoms. The first-order valence-electron chi connectivity index (χ1n) is 9.52. The average Bonchev–Trinajstić information content (AvgIpc) is 2.59. The molecule has 1 N–H and O–H groups in total. The highest BCUT2D eigenvalue weighted by molar-refractivity contribution is 6.30. The van der Waals surface area contributed by atoms with Crippen LogP contribution in [0.4, 0.5) is 4.39 Å². The van der Waals surface area contributed by atoms with E-state index in [1.54, 1.807) is 0 Å².